The molecule has 0 aliphatic carbocycles. The lowest BCUT2D eigenvalue weighted by atomic mass is 9.87. The van der Waals surface area contributed by atoms with Crippen LogP contribution in [0.4, 0.5) is 4.79 Å². The van der Waals surface area contributed by atoms with E-state index in [4.69, 9.17) is 9.84 Å². The number of amides is 1. The fourth-order valence-electron chi connectivity index (χ4n) is 1.22. The summed E-state index contributed by atoms with van der Waals surface area (Å²) in [5.74, 6) is -1.77. The Bertz CT molecular complexity index is 295. The first-order valence-corrected chi connectivity index (χ1v) is 5.40. The zero-order valence-corrected chi connectivity index (χ0v) is 10.9. The molecule has 0 unspecified atom stereocenters. The molecule has 0 spiro atoms. The number of nitrogens with one attached hydrogen (secondary N) is 1. The van der Waals surface area contributed by atoms with Crippen LogP contribution in [0, 0.1) is 5.92 Å². The molecule has 0 aromatic carbocycles. The van der Waals surface area contributed by atoms with Crippen LogP contribution in [-0.4, -0.2) is 40.0 Å². The highest BCUT2D eigenvalue weighted by Gasteiger charge is 2.43. The number of carboxylic acids is 1. The number of carboxylic acid groups (broad SMARTS) is 1. The van der Waals surface area contributed by atoms with Gasteiger partial charge in [-0.05, 0) is 26.7 Å². The maximum atomic E-state index is 11.5. The lowest BCUT2D eigenvalue weighted by Crippen LogP contribution is -2.61. The van der Waals surface area contributed by atoms with Crippen LogP contribution in [0.2, 0.25) is 0 Å². The third kappa shape index (κ3) is 4.22. The highest BCUT2D eigenvalue weighted by atomic mass is 16.6. The molecular weight excluding hydrogens is 226 g/mol. The number of carbonyl (C=O) groups is 2. The van der Waals surface area contributed by atoms with Crippen molar-refractivity contribution in [1.82, 2.24) is 5.32 Å². The van der Waals surface area contributed by atoms with Gasteiger partial charge in [0.1, 0.15) is 5.60 Å². The van der Waals surface area contributed by atoms with Gasteiger partial charge in [-0.3, -0.25) is 0 Å². The highest BCUT2D eigenvalue weighted by molar-refractivity contribution is 5.85. The standard InChI is InChI=1S/C11H21NO5/c1-7(2)11(6-13,8(14)15)12-9(16)17-10(3,4)5/h7,13H,6H2,1-5H3,(H,12,16)(H,14,15)/t11-/m1/s1. The normalized spacial score (nSPS) is 15.2. The minimum absolute atomic E-state index is 0.475. The van der Waals surface area contributed by atoms with E-state index in [1.165, 1.54) is 0 Å². The third-order valence-electron chi connectivity index (χ3n) is 2.34. The van der Waals surface area contributed by atoms with E-state index >= 15 is 0 Å². The number of hydrogen-bond donors (Lipinski definition) is 3. The van der Waals surface area contributed by atoms with Gasteiger partial charge in [-0.1, -0.05) is 13.8 Å². The number of aliphatic hydroxyl groups is 1. The average molecular weight is 247 g/mol. The Morgan fingerprint density at radius 2 is 1.76 bits per heavy atom. The summed E-state index contributed by atoms with van der Waals surface area (Å²) >= 11 is 0. The molecule has 0 heterocycles. The van der Waals surface area contributed by atoms with E-state index in [-0.39, 0.29) is 0 Å². The summed E-state index contributed by atoms with van der Waals surface area (Å²) in [4.78, 5) is 22.7. The highest BCUT2D eigenvalue weighted by Crippen LogP contribution is 2.18. The largest absolute Gasteiger partial charge is 0.479 e. The van der Waals surface area contributed by atoms with Crippen LogP contribution in [0.1, 0.15) is 34.6 Å². The van der Waals surface area contributed by atoms with E-state index in [2.05, 4.69) is 5.32 Å². The second-order valence-corrected chi connectivity index (χ2v) is 5.22. The van der Waals surface area contributed by atoms with Crippen molar-refractivity contribution < 1.29 is 24.5 Å². The molecule has 0 saturated carbocycles. The summed E-state index contributed by atoms with van der Waals surface area (Å²) in [6, 6.07) is 0. The Balaban J connectivity index is 4.89. The van der Waals surface area contributed by atoms with E-state index in [0.29, 0.717) is 0 Å². The molecule has 1 atom stereocenters. The molecule has 0 aromatic heterocycles. The smallest absolute Gasteiger partial charge is 0.408 e. The van der Waals surface area contributed by atoms with Gasteiger partial charge in [-0.15, -0.1) is 0 Å². The van der Waals surface area contributed by atoms with Gasteiger partial charge in [-0.25, -0.2) is 9.59 Å². The molecule has 3 N–H and O–H groups in total. The van der Waals surface area contributed by atoms with Crippen LogP contribution in [0.3, 0.4) is 0 Å². The zero-order valence-electron chi connectivity index (χ0n) is 10.9. The van der Waals surface area contributed by atoms with Crippen molar-refractivity contribution in [1.29, 1.82) is 0 Å². The summed E-state index contributed by atoms with van der Waals surface area (Å²) in [6.07, 6.45) is -0.859. The van der Waals surface area contributed by atoms with E-state index in [1.807, 2.05) is 0 Å². The van der Waals surface area contributed by atoms with Gasteiger partial charge in [0.2, 0.25) is 0 Å². The zero-order chi connectivity index (χ0) is 13.9. The van der Waals surface area contributed by atoms with E-state index in [9.17, 15) is 14.7 Å². The van der Waals surface area contributed by atoms with Crippen molar-refractivity contribution in [3.05, 3.63) is 0 Å². The Hall–Kier alpha value is -1.30. The second kappa shape index (κ2) is 5.35. The number of alkyl carbamates (subject to hydrolysis) is 1. The van der Waals surface area contributed by atoms with Crippen LogP contribution in [0.15, 0.2) is 0 Å². The summed E-state index contributed by atoms with van der Waals surface area (Å²) in [7, 11) is 0. The quantitative estimate of drug-likeness (QED) is 0.688. The minimum atomic E-state index is -1.72. The molecule has 17 heavy (non-hydrogen) atoms. The number of hydrogen-bond acceptors (Lipinski definition) is 4. The van der Waals surface area contributed by atoms with Crippen LogP contribution in [0.5, 0.6) is 0 Å². The van der Waals surface area contributed by atoms with Crippen molar-refractivity contribution in [2.24, 2.45) is 5.92 Å². The van der Waals surface area contributed by atoms with Gasteiger partial charge in [-0.2, -0.15) is 0 Å². The monoisotopic (exact) mass is 247 g/mol. The Morgan fingerprint density at radius 3 is 2.00 bits per heavy atom. The summed E-state index contributed by atoms with van der Waals surface area (Å²) in [5, 5.41) is 20.5. The summed E-state index contributed by atoms with van der Waals surface area (Å²) in [6.45, 7) is 7.51. The van der Waals surface area contributed by atoms with Gasteiger partial charge in [0.05, 0.1) is 6.61 Å². The van der Waals surface area contributed by atoms with Crippen LogP contribution >= 0.6 is 0 Å². The number of aliphatic carboxylic acids is 1. The molecule has 0 saturated heterocycles. The fraction of sp³-hybridized carbons (Fsp3) is 0.818. The molecule has 0 fully saturated rings. The molecule has 0 aromatic rings. The predicted molar refractivity (Wildman–Crippen MR) is 61.7 cm³/mol. The lowest BCUT2D eigenvalue weighted by molar-refractivity contribution is -0.149. The molecule has 0 radical (unpaired) electrons. The lowest BCUT2D eigenvalue weighted by Gasteiger charge is -2.33. The van der Waals surface area contributed by atoms with Crippen molar-refractivity contribution in [2.75, 3.05) is 6.61 Å². The summed E-state index contributed by atoms with van der Waals surface area (Å²) < 4.78 is 4.97. The molecule has 0 bridgehead atoms. The Morgan fingerprint density at radius 1 is 1.29 bits per heavy atom. The molecule has 6 nitrogen and oxygen atoms in total. The number of ether oxygens (including phenoxy) is 1. The molecule has 0 aliphatic heterocycles. The Labute approximate surface area is 101 Å². The Kier molecular flexibility index (Phi) is 4.94. The first kappa shape index (κ1) is 15.7. The van der Waals surface area contributed by atoms with Gasteiger partial charge in [0.15, 0.2) is 5.54 Å². The van der Waals surface area contributed by atoms with Gasteiger partial charge in [0, 0.05) is 0 Å². The second-order valence-electron chi connectivity index (χ2n) is 5.22. The first-order chi connectivity index (χ1) is 7.55. The maximum Gasteiger partial charge on any atom is 0.408 e. The number of rotatable bonds is 4. The molecule has 100 valence electrons. The van der Waals surface area contributed by atoms with Crippen LogP contribution in [-0.2, 0) is 9.53 Å². The van der Waals surface area contributed by atoms with E-state index < -0.39 is 35.7 Å². The molecule has 1 amide bonds. The van der Waals surface area contributed by atoms with E-state index in [1.54, 1.807) is 34.6 Å². The molecule has 0 aliphatic rings. The minimum Gasteiger partial charge on any atom is -0.479 e. The summed E-state index contributed by atoms with van der Waals surface area (Å²) in [5.41, 5.74) is -2.44. The number of aliphatic hydroxyl groups excluding tert-OH is 1. The van der Waals surface area contributed by atoms with Crippen LogP contribution in [0.25, 0.3) is 0 Å². The number of carbonyl (C=O) groups excluding carboxylic acids is 1. The van der Waals surface area contributed by atoms with Crippen molar-refractivity contribution in [2.45, 2.75) is 45.8 Å². The van der Waals surface area contributed by atoms with E-state index in [0.717, 1.165) is 0 Å². The van der Waals surface area contributed by atoms with Gasteiger partial charge in [0.25, 0.3) is 0 Å². The first-order valence-electron chi connectivity index (χ1n) is 5.40. The van der Waals surface area contributed by atoms with Crippen molar-refractivity contribution >= 4 is 12.1 Å². The molecule has 0 rings (SSSR count). The third-order valence-corrected chi connectivity index (χ3v) is 2.34. The maximum absolute atomic E-state index is 11.5. The predicted octanol–water partition coefficient (Wildman–Crippen LogP) is 0.983. The van der Waals surface area contributed by atoms with Crippen LogP contribution < -0.4 is 5.32 Å². The van der Waals surface area contributed by atoms with Gasteiger partial charge >= 0.3 is 12.1 Å². The fourth-order valence-corrected chi connectivity index (χ4v) is 1.22. The average Bonchev–Trinajstić information content (AvgIpc) is 2.09. The van der Waals surface area contributed by atoms with Crippen molar-refractivity contribution in [3.63, 3.8) is 0 Å². The van der Waals surface area contributed by atoms with Crippen molar-refractivity contribution in [3.8, 4) is 0 Å². The van der Waals surface area contributed by atoms with Gasteiger partial charge < -0.3 is 20.3 Å². The molecular formula is C11H21NO5. The topological polar surface area (TPSA) is 95.9 Å². The molecule has 6 heteroatoms. The SMILES string of the molecule is CC(C)[C@@](CO)(NC(=O)OC(C)(C)C)C(=O)O.